The van der Waals surface area contributed by atoms with Crippen molar-refractivity contribution in [2.75, 3.05) is 7.05 Å². The van der Waals surface area contributed by atoms with Gasteiger partial charge in [-0.1, -0.05) is 66.1 Å². The Morgan fingerprint density at radius 3 is 2.21 bits per heavy atom. The first-order valence-corrected chi connectivity index (χ1v) is 11.0. The lowest BCUT2D eigenvalue weighted by molar-refractivity contribution is 0.337. The number of hydrogen-bond donors (Lipinski definition) is 0. The molecule has 0 bridgehead atoms. The lowest BCUT2D eigenvalue weighted by Gasteiger charge is -2.18. The minimum Gasteiger partial charge on any atom is -0.338 e. The Morgan fingerprint density at radius 1 is 1.04 bits per heavy atom. The van der Waals surface area contributed by atoms with E-state index >= 15 is 0 Å². The number of rotatable bonds is 5. The van der Waals surface area contributed by atoms with Gasteiger partial charge in [-0.3, -0.25) is 0 Å². The maximum absolute atomic E-state index is 12.7. The summed E-state index contributed by atoms with van der Waals surface area (Å²) >= 11 is 3.30. The van der Waals surface area contributed by atoms with Gasteiger partial charge in [0.05, 0.1) is 11.4 Å². The van der Waals surface area contributed by atoms with Crippen molar-refractivity contribution in [2.45, 2.75) is 37.6 Å². The number of hydrogen-bond acceptors (Lipinski definition) is 5. The van der Waals surface area contributed by atoms with Crippen molar-refractivity contribution in [3.63, 3.8) is 0 Å². The molecular weight excluding hydrogens is 442 g/mol. The first-order valence-electron chi connectivity index (χ1n) is 8.73. The summed E-state index contributed by atoms with van der Waals surface area (Å²) in [6.45, 7) is 6.44. The van der Waals surface area contributed by atoms with Crippen LogP contribution in [0.1, 0.15) is 32.2 Å². The lowest BCUT2D eigenvalue weighted by Crippen LogP contribution is -2.26. The second-order valence-electron chi connectivity index (χ2n) is 7.55. The van der Waals surface area contributed by atoms with Gasteiger partial charge in [0.2, 0.25) is 21.7 Å². The molecule has 0 unspecified atom stereocenters. The third-order valence-electron chi connectivity index (χ3n) is 4.36. The van der Waals surface area contributed by atoms with E-state index in [2.05, 4.69) is 46.8 Å². The molecule has 3 rings (SSSR count). The van der Waals surface area contributed by atoms with E-state index in [1.165, 1.54) is 16.9 Å². The van der Waals surface area contributed by atoms with Gasteiger partial charge in [0.1, 0.15) is 0 Å². The van der Waals surface area contributed by atoms with Crippen LogP contribution in [0.2, 0.25) is 0 Å². The summed E-state index contributed by atoms with van der Waals surface area (Å²) < 4.78 is 32.6. The zero-order valence-electron chi connectivity index (χ0n) is 16.2. The zero-order valence-corrected chi connectivity index (χ0v) is 18.6. The molecular formula is C20H22BrN3O3S. The minimum absolute atomic E-state index is 0.00846. The Labute approximate surface area is 173 Å². The topological polar surface area (TPSA) is 76.3 Å². The van der Waals surface area contributed by atoms with Crippen LogP contribution < -0.4 is 0 Å². The zero-order chi connectivity index (χ0) is 20.5. The molecule has 148 valence electrons. The van der Waals surface area contributed by atoms with Crippen LogP contribution in [0.15, 0.2) is 62.4 Å². The molecule has 1 heterocycles. The Morgan fingerprint density at radius 2 is 1.64 bits per heavy atom. The fourth-order valence-corrected chi connectivity index (χ4v) is 4.00. The minimum atomic E-state index is -3.65. The van der Waals surface area contributed by atoms with Gasteiger partial charge in [0, 0.05) is 17.1 Å². The molecule has 0 saturated heterocycles. The van der Waals surface area contributed by atoms with Gasteiger partial charge in [0.15, 0.2) is 0 Å². The average molecular weight is 464 g/mol. The van der Waals surface area contributed by atoms with E-state index in [-0.39, 0.29) is 22.7 Å². The summed E-state index contributed by atoms with van der Waals surface area (Å²) in [7, 11) is -2.16. The van der Waals surface area contributed by atoms with Crippen LogP contribution in [-0.2, 0) is 22.0 Å². The molecule has 0 N–H and O–H groups in total. The van der Waals surface area contributed by atoms with Crippen LogP contribution in [-0.4, -0.2) is 29.9 Å². The van der Waals surface area contributed by atoms with Crippen molar-refractivity contribution in [1.82, 2.24) is 14.4 Å². The summed E-state index contributed by atoms with van der Waals surface area (Å²) in [6, 6.07) is 14.4. The van der Waals surface area contributed by atoms with Crippen molar-refractivity contribution < 1.29 is 12.9 Å². The van der Waals surface area contributed by atoms with Crippen LogP contribution in [0.25, 0.3) is 11.4 Å². The quantitative estimate of drug-likeness (QED) is 0.551. The van der Waals surface area contributed by atoms with Crippen molar-refractivity contribution in [2.24, 2.45) is 0 Å². The van der Waals surface area contributed by atoms with Gasteiger partial charge in [-0.15, -0.1) is 0 Å². The molecule has 0 aliphatic rings. The number of nitrogens with zero attached hydrogens (tertiary/aromatic N) is 3. The van der Waals surface area contributed by atoms with Crippen LogP contribution in [0, 0.1) is 0 Å². The summed E-state index contributed by atoms with van der Waals surface area (Å²) in [5.41, 5.74) is 2.09. The number of aromatic nitrogens is 2. The smallest absolute Gasteiger partial charge is 0.243 e. The van der Waals surface area contributed by atoms with E-state index < -0.39 is 10.0 Å². The van der Waals surface area contributed by atoms with Crippen molar-refractivity contribution >= 4 is 26.0 Å². The molecule has 0 radical (unpaired) electrons. The largest absolute Gasteiger partial charge is 0.338 e. The van der Waals surface area contributed by atoms with Crippen LogP contribution in [0.4, 0.5) is 0 Å². The van der Waals surface area contributed by atoms with Gasteiger partial charge >= 0.3 is 0 Å². The highest BCUT2D eigenvalue weighted by molar-refractivity contribution is 9.10. The van der Waals surface area contributed by atoms with E-state index in [9.17, 15) is 8.42 Å². The standard InChI is InChI=1S/C20H22BrN3O3S/c1-20(2,3)15-7-5-14(6-8-15)19-22-18(27-23-19)13-24(4)28(25,26)17-11-9-16(21)10-12-17/h5-12H,13H2,1-4H3. The van der Waals surface area contributed by atoms with Gasteiger partial charge in [0.25, 0.3) is 0 Å². The van der Waals surface area contributed by atoms with Gasteiger partial charge in [-0.25, -0.2) is 8.42 Å². The molecule has 0 amide bonds. The number of sulfonamides is 1. The normalized spacial score (nSPS) is 12.5. The van der Waals surface area contributed by atoms with Crippen molar-refractivity contribution in [3.05, 3.63) is 64.5 Å². The molecule has 28 heavy (non-hydrogen) atoms. The van der Waals surface area contributed by atoms with Gasteiger partial charge in [-0.2, -0.15) is 9.29 Å². The molecule has 6 nitrogen and oxygen atoms in total. The predicted molar refractivity (Wildman–Crippen MR) is 111 cm³/mol. The molecule has 0 spiro atoms. The summed E-state index contributed by atoms with van der Waals surface area (Å²) in [5, 5.41) is 3.98. The fourth-order valence-electron chi connectivity index (χ4n) is 2.62. The van der Waals surface area contributed by atoms with Gasteiger partial charge in [-0.05, 0) is 35.2 Å². The van der Waals surface area contributed by atoms with E-state index in [0.29, 0.717) is 5.82 Å². The summed E-state index contributed by atoms with van der Waals surface area (Å²) in [6.07, 6.45) is 0. The first-order chi connectivity index (χ1) is 13.1. The SMILES string of the molecule is CN(Cc1nc(-c2ccc(C(C)(C)C)cc2)no1)S(=O)(=O)c1ccc(Br)cc1. The molecule has 8 heteroatoms. The Hall–Kier alpha value is -2.03. The average Bonchev–Trinajstić information content (AvgIpc) is 3.10. The molecule has 0 fully saturated rings. The maximum atomic E-state index is 12.7. The molecule has 3 aromatic rings. The molecule has 2 aromatic carbocycles. The van der Waals surface area contributed by atoms with Crippen LogP contribution >= 0.6 is 15.9 Å². The third-order valence-corrected chi connectivity index (χ3v) is 6.70. The Bertz CT molecular complexity index is 1050. The molecule has 0 aliphatic carbocycles. The Balaban J connectivity index is 1.76. The van der Waals surface area contributed by atoms with Crippen LogP contribution in [0.3, 0.4) is 0 Å². The third kappa shape index (κ3) is 4.51. The summed E-state index contributed by atoms with van der Waals surface area (Å²) in [5.74, 6) is 0.669. The highest BCUT2D eigenvalue weighted by atomic mass is 79.9. The number of benzene rings is 2. The van der Waals surface area contributed by atoms with E-state index in [1.54, 1.807) is 24.3 Å². The first kappa shape index (κ1) is 20.7. The van der Waals surface area contributed by atoms with E-state index in [0.717, 1.165) is 10.0 Å². The fraction of sp³-hybridized carbons (Fsp3) is 0.300. The monoisotopic (exact) mass is 463 g/mol. The molecule has 1 aromatic heterocycles. The van der Waals surface area contributed by atoms with Crippen LogP contribution in [0.5, 0.6) is 0 Å². The number of halogens is 1. The predicted octanol–water partition coefficient (Wildman–Crippen LogP) is 4.62. The molecule has 0 saturated carbocycles. The second-order valence-corrected chi connectivity index (χ2v) is 10.5. The van der Waals surface area contributed by atoms with Crippen molar-refractivity contribution in [3.8, 4) is 11.4 Å². The lowest BCUT2D eigenvalue weighted by atomic mass is 9.87. The molecule has 0 aliphatic heterocycles. The molecule has 0 atom stereocenters. The second kappa shape index (κ2) is 7.77. The Kier molecular flexibility index (Phi) is 5.74. The van der Waals surface area contributed by atoms with E-state index in [1.807, 2.05) is 24.3 Å². The maximum Gasteiger partial charge on any atom is 0.243 e. The van der Waals surface area contributed by atoms with Gasteiger partial charge < -0.3 is 4.52 Å². The van der Waals surface area contributed by atoms with Crippen molar-refractivity contribution in [1.29, 1.82) is 0 Å². The van der Waals surface area contributed by atoms with E-state index in [4.69, 9.17) is 4.52 Å². The highest BCUT2D eigenvalue weighted by Gasteiger charge is 2.23. The summed E-state index contributed by atoms with van der Waals surface area (Å²) in [4.78, 5) is 4.55. The highest BCUT2D eigenvalue weighted by Crippen LogP contribution is 2.25.